The first-order valence-corrected chi connectivity index (χ1v) is 14.9. The van der Waals surface area contributed by atoms with Crippen LogP contribution in [0.2, 0.25) is 0 Å². The van der Waals surface area contributed by atoms with Gasteiger partial charge in [0.1, 0.15) is 5.30 Å². The van der Waals surface area contributed by atoms with E-state index in [2.05, 4.69) is 52.0 Å². The second kappa shape index (κ2) is 8.45. The molecule has 0 spiro atoms. The fourth-order valence-electron chi connectivity index (χ4n) is 5.09. The van der Waals surface area contributed by atoms with Crippen LogP contribution in [0, 0.1) is 0 Å². The van der Waals surface area contributed by atoms with E-state index in [0.717, 1.165) is 13.2 Å². The molecule has 2 aromatic carbocycles. The largest absolute Gasteiger partial charge is 1.00 e. The van der Waals surface area contributed by atoms with E-state index in [9.17, 15) is 0 Å². The van der Waals surface area contributed by atoms with Crippen molar-refractivity contribution in [3.63, 3.8) is 0 Å². The Morgan fingerprint density at radius 1 is 0.889 bits per heavy atom. The van der Waals surface area contributed by atoms with Gasteiger partial charge in [-0.1, -0.05) is 12.1 Å². The molecule has 1 saturated heterocycles. The molecule has 0 bridgehead atoms. The van der Waals surface area contributed by atoms with E-state index < -0.39 is 13.9 Å². The number of hydrogen-bond donors (Lipinski definition) is 0. The Balaban J connectivity index is 0.000000306. The van der Waals surface area contributed by atoms with E-state index >= 15 is 0 Å². The fraction of sp³-hybridized carbons (Fsp3) is 0.545. The number of ether oxygens (including phenoxy) is 1. The first kappa shape index (κ1) is 21.8. The van der Waals surface area contributed by atoms with Crippen LogP contribution < -0.4 is 23.0 Å². The van der Waals surface area contributed by atoms with Crippen molar-refractivity contribution in [1.29, 1.82) is 0 Å². The quantitative estimate of drug-likeness (QED) is 0.647. The van der Waals surface area contributed by atoms with Gasteiger partial charge in [0.15, 0.2) is 6.96 Å². The third kappa shape index (κ3) is 3.27. The van der Waals surface area contributed by atoms with Crippen LogP contribution in [0.1, 0.15) is 51.7 Å². The van der Waals surface area contributed by atoms with Crippen molar-refractivity contribution < 1.29 is 17.1 Å². The minimum absolute atomic E-state index is 0. The normalized spacial score (nSPS) is 21.5. The summed E-state index contributed by atoms with van der Waals surface area (Å²) in [5, 5.41) is 6.27. The van der Waals surface area contributed by atoms with Gasteiger partial charge < -0.3 is 17.1 Å². The van der Waals surface area contributed by atoms with E-state index in [0.29, 0.717) is 11.3 Å². The second-order valence-corrected chi connectivity index (χ2v) is 18.2. The lowest BCUT2D eigenvalue weighted by molar-refractivity contribution is -0.00000577. The summed E-state index contributed by atoms with van der Waals surface area (Å²) >= 11 is 7.20. The average molecular weight is 443 g/mol. The van der Waals surface area contributed by atoms with Crippen LogP contribution in [-0.2, 0) is 17.6 Å². The summed E-state index contributed by atoms with van der Waals surface area (Å²) < 4.78 is 4.94. The highest BCUT2D eigenvalue weighted by Crippen LogP contribution is 2.92. The third-order valence-corrected chi connectivity index (χ3v) is 20.5. The monoisotopic (exact) mass is 442 g/mol. The molecule has 0 amide bonds. The molecule has 1 nitrogen and oxygen atoms in total. The van der Waals surface area contributed by atoms with E-state index in [1.807, 2.05) is 0 Å². The first-order valence-electron chi connectivity index (χ1n) is 10.00. The van der Waals surface area contributed by atoms with Gasteiger partial charge in [0.05, 0.1) is 18.3 Å². The Bertz CT molecular complexity index is 805. The van der Waals surface area contributed by atoms with Crippen molar-refractivity contribution in [2.45, 2.75) is 64.7 Å². The predicted octanol–water partition coefficient (Wildman–Crippen LogP) is 3.39. The van der Waals surface area contributed by atoms with Gasteiger partial charge in [-0.3, -0.25) is 0 Å². The molecule has 1 fully saturated rings. The minimum Gasteiger partial charge on any atom is -1.00 e. The first-order chi connectivity index (χ1) is 12.5. The fourth-order valence-corrected chi connectivity index (χ4v) is 19.7. The van der Waals surface area contributed by atoms with Gasteiger partial charge in [0, 0.05) is 23.9 Å². The molecule has 2 heterocycles. The summed E-state index contributed by atoms with van der Waals surface area (Å²) in [6.45, 7) is 9.73. The Morgan fingerprint density at radius 2 is 1.44 bits per heavy atom. The third-order valence-electron chi connectivity index (χ3n) is 6.23. The molecule has 5 rings (SSSR count). The Morgan fingerprint density at radius 3 is 1.93 bits per heavy atom. The summed E-state index contributed by atoms with van der Waals surface area (Å²) in [5.74, 6) is 0. The molecule has 2 aliphatic heterocycles. The maximum Gasteiger partial charge on any atom is 0.188 e. The van der Waals surface area contributed by atoms with Crippen molar-refractivity contribution in [1.82, 2.24) is 0 Å². The van der Waals surface area contributed by atoms with E-state index in [4.69, 9.17) is 16.0 Å². The molecule has 27 heavy (non-hydrogen) atoms. The molecule has 0 saturated carbocycles. The zero-order chi connectivity index (χ0) is 18.5. The Hall–Kier alpha value is 0.1000. The number of rotatable bonds is 2. The molecule has 3 aliphatic rings. The molecular weight excluding hydrogens is 413 g/mol. The smallest absolute Gasteiger partial charge is 0.188 e. The molecule has 0 N–H and O–H groups in total. The van der Waals surface area contributed by atoms with Crippen LogP contribution in [0.4, 0.5) is 0 Å². The molecule has 148 valence electrons. The summed E-state index contributed by atoms with van der Waals surface area (Å²) in [6, 6.07) is 9.58. The Labute approximate surface area is 176 Å². The maximum atomic E-state index is 7.20. The highest BCUT2D eigenvalue weighted by molar-refractivity contribution is 8.54. The zero-order valence-electron chi connectivity index (χ0n) is 16.8. The second-order valence-electron chi connectivity index (χ2n) is 8.24. The molecule has 0 unspecified atom stereocenters. The molecule has 2 aromatic rings. The summed E-state index contributed by atoms with van der Waals surface area (Å²) in [5.41, 5.74) is 4.45. The SMILES string of the molecule is C1CCOC1.CC(C)[P+]1(C(C)C)c2ccc3c4c(ccc(c24)[P@]1Cl)CC3.[Cl-]. The summed E-state index contributed by atoms with van der Waals surface area (Å²) in [7, 11) is 0. The lowest BCUT2D eigenvalue weighted by Gasteiger charge is -2.33. The average Bonchev–Trinajstić information content (AvgIpc) is 3.33. The summed E-state index contributed by atoms with van der Waals surface area (Å²) in [6.07, 6.45) is 4.98. The van der Waals surface area contributed by atoms with Gasteiger partial charge in [0.25, 0.3) is 0 Å². The minimum atomic E-state index is -1.32. The highest BCUT2D eigenvalue weighted by Gasteiger charge is 2.60. The van der Waals surface area contributed by atoms with E-state index in [-0.39, 0.29) is 12.4 Å². The van der Waals surface area contributed by atoms with E-state index in [1.54, 1.807) is 27.2 Å². The molecule has 1 atom stereocenters. The van der Waals surface area contributed by atoms with Crippen LogP contribution >= 0.6 is 25.2 Å². The van der Waals surface area contributed by atoms with Gasteiger partial charge in [0.2, 0.25) is 0 Å². The van der Waals surface area contributed by atoms with Crippen molar-refractivity contribution in [2.24, 2.45) is 0 Å². The standard InChI is InChI=1S/C18H22ClP2.C4H8O.ClH/c1-11(2)21(12(3)4)16-10-8-14-6-5-13-7-9-15(20(21)19)18(16)17(13)14;1-2-4-5-3-1;/h7-12H,5-6H2,1-4H3;1-4H2;1H/q+1;;/p-1/t20-;;/m1../s1. The van der Waals surface area contributed by atoms with Crippen LogP contribution in [-0.4, -0.2) is 24.5 Å². The lowest BCUT2D eigenvalue weighted by atomic mass is 10.1. The van der Waals surface area contributed by atoms with Crippen LogP contribution in [0.15, 0.2) is 24.3 Å². The lowest BCUT2D eigenvalue weighted by Crippen LogP contribution is -3.00. The topological polar surface area (TPSA) is 9.23 Å². The number of aryl methyl sites for hydroxylation is 2. The molecular formula is C22H30Cl2OP2. The number of benzene rings is 2. The number of hydrogen-bond acceptors (Lipinski definition) is 1. The van der Waals surface area contributed by atoms with Crippen LogP contribution in [0.5, 0.6) is 0 Å². The number of halogens is 2. The van der Waals surface area contributed by atoms with Crippen molar-refractivity contribution in [3.8, 4) is 0 Å². The summed E-state index contributed by atoms with van der Waals surface area (Å²) in [4.78, 5) is 0. The zero-order valence-corrected chi connectivity index (χ0v) is 20.1. The molecule has 0 aromatic heterocycles. The highest BCUT2D eigenvalue weighted by atomic mass is 35.7. The molecule has 5 heteroatoms. The maximum absolute atomic E-state index is 7.20. The van der Waals surface area contributed by atoms with Crippen LogP contribution in [0.3, 0.4) is 0 Å². The van der Waals surface area contributed by atoms with Gasteiger partial charge >= 0.3 is 0 Å². The molecule has 0 radical (unpaired) electrons. The van der Waals surface area contributed by atoms with Gasteiger partial charge in [-0.15, -0.1) is 0 Å². The van der Waals surface area contributed by atoms with Crippen molar-refractivity contribution >= 4 is 46.5 Å². The molecule has 1 aliphatic carbocycles. The van der Waals surface area contributed by atoms with E-state index in [1.165, 1.54) is 31.0 Å². The van der Waals surface area contributed by atoms with Crippen LogP contribution in [0.25, 0.3) is 10.8 Å². The van der Waals surface area contributed by atoms with Gasteiger partial charge in [-0.05, 0) is 93.3 Å². The predicted molar refractivity (Wildman–Crippen MR) is 121 cm³/mol. The van der Waals surface area contributed by atoms with Crippen molar-refractivity contribution in [2.75, 3.05) is 13.2 Å². The van der Waals surface area contributed by atoms with Gasteiger partial charge in [-0.2, -0.15) is 0 Å². The van der Waals surface area contributed by atoms with Crippen molar-refractivity contribution in [3.05, 3.63) is 35.4 Å². The Kier molecular flexibility index (Phi) is 6.83. The van der Waals surface area contributed by atoms with Gasteiger partial charge in [-0.25, -0.2) is 0 Å².